The molecule has 1 heterocycles. The average Bonchev–Trinajstić information content (AvgIpc) is 1.98. The third-order valence-corrected chi connectivity index (χ3v) is 2.82. The highest BCUT2D eigenvalue weighted by Gasteiger charge is 1.98. The lowest BCUT2D eigenvalue weighted by Gasteiger charge is -1.74. The Hall–Kier alpha value is -0.0900. The number of aromatic amines is 1. The molecule has 4 heteroatoms. The number of aromatic nitrogens is 1. The van der Waals surface area contributed by atoms with Gasteiger partial charge in [0.15, 0.2) is 0 Å². The van der Waals surface area contributed by atoms with Crippen LogP contribution < -0.4 is 5.56 Å². The third kappa shape index (κ3) is 0.855. The van der Waals surface area contributed by atoms with Gasteiger partial charge in [0.1, 0.15) is 0 Å². The molecule has 0 aliphatic carbocycles. The van der Waals surface area contributed by atoms with Crippen LogP contribution in [0.1, 0.15) is 4.88 Å². The second-order valence-corrected chi connectivity index (χ2v) is 3.22. The van der Waals surface area contributed by atoms with Crippen LogP contribution in [0.4, 0.5) is 0 Å². The summed E-state index contributed by atoms with van der Waals surface area (Å²) in [6.07, 6.45) is 0. The van der Waals surface area contributed by atoms with Crippen molar-refractivity contribution in [2.45, 2.75) is 6.92 Å². The number of H-pyrrole nitrogens is 1. The van der Waals surface area contributed by atoms with Gasteiger partial charge in [0.2, 0.25) is 0 Å². The Balaban J connectivity index is 3.41. The van der Waals surface area contributed by atoms with Gasteiger partial charge < -0.3 is 0 Å². The molecule has 44 valence electrons. The van der Waals surface area contributed by atoms with E-state index in [0.717, 1.165) is 4.88 Å². The van der Waals surface area contributed by atoms with Gasteiger partial charge >= 0.3 is 0 Å². The average molecular weight is 194 g/mol. The lowest BCUT2D eigenvalue weighted by atomic mass is 10.5. The minimum atomic E-state index is -0.0347. The lowest BCUT2D eigenvalue weighted by Crippen LogP contribution is -1.96. The van der Waals surface area contributed by atoms with Crippen LogP contribution >= 0.6 is 27.5 Å². The summed E-state index contributed by atoms with van der Waals surface area (Å²) in [5, 5.41) is 0. The van der Waals surface area contributed by atoms with E-state index in [1.54, 1.807) is 0 Å². The number of rotatable bonds is 0. The van der Waals surface area contributed by atoms with Crippen molar-refractivity contribution in [1.82, 2.24) is 4.37 Å². The van der Waals surface area contributed by atoms with E-state index < -0.39 is 0 Å². The number of halogens is 1. The summed E-state index contributed by atoms with van der Waals surface area (Å²) in [5.74, 6) is 0. The van der Waals surface area contributed by atoms with Gasteiger partial charge in [0, 0.05) is 4.88 Å². The molecule has 1 rings (SSSR count). The molecule has 1 N–H and O–H groups in total. The normalized spacial score (nSPS) is 9.75. The highest BCUT2D eigenvalue weighted by atomic mass is 79.9. The van der Waals surface area contributed by atoms with E-state index in [1.807, 2.05) is 6.92 Å². The predicted molar refractivity (Wildman–Crippen MR) is 37.4 cm³/mol. The van der Waals surface area contributed by atoms with E-state index in [-0.39, 0.29) is 5.56 Å². The van der Waals surface area contributed by atoms with Crippen LogP contribution in [0, 0.1) is 6.92 Å². The van der Waals surface area contributed by atoms with Crippen molar-refractivity contribution in [2.24, 2.45) is 0 Å². The highest BCUT2D eigenvalue weighted by Crippen LogP contribution is 2.12. The quantitative estimate of drug-likeness (QED) is 0.667. The molecule has 1 aromatic heterocycles. The second kappa shape index (κ2) is 2.03. The van der Waals surface area contributed by atoms with Crippen molar-refractivity contribution < 1.29 is 0 Å². The molecule has 0 saturated heterocycles. The number of hydrogen-bond acceptors (Lipinski definition) is 2. The maximum atomic E-state index is 10.5. The minimum Gasteiger partial charge on any atom is -0.277 e. The molecule has 0 aliphatic heterocycles. The Morgan fingerprint density at radius 3 is 2.50 bits per heavy atom. The van der Waals surface area contributed by atoms with Crippen LogP contribution in [-0.2, 0) is 0 Å². The summed E-state index contributed by atoms with van der Waals surface area (Å²) in [7, 11) is 0. The van der Waals surface area contributed by atoms with Gasteiger partial charge in [-0.25, -0.2) is 0 Å². The summed E-state index contributed by atoms with van der Waals surface area (Å²) in [6, 6.07) is 0. The largest absolute Gasteiger partial charge is 0.277 e. The van der Waals surface area contributed by atoms with Gasteiger partial charge in [-0.3, -0.25) is 9.17 Å². The zero-order chi connectivity index (χ0) is 6.15. The molecule has 0 aliphatic rings. The van der Waals surface area contributed by atoms with Gasteiger partial charge in [0.05, 0.1) is 4.47 Å². The molecule has 0 atom stereocenters. The number of nitrogens with one attached hydrogen (secondary N) is 1. The Morgan fingerprint density at radius 1 is 1.75 bits per heavy atom. The van der Waals surface area contributed by atoms with Crippen LogP contribution in [0.2, 0.25) is 0 Å². The molecule has 0 unspecified atom stereocenters. The zero-order valence-electron chi connectivity index (χ0n) is 4.19. The van der Waals surface area contributed by atoms with Crippen LogP contribution in [0.15, 0.2) is 9.27 Å². The summed E-state index contributed by atoms with van der Waals surface area (Å²) >= 11 is 4.46. The lowest BCUT2D eigenvalue weighted by molar-refractivity contribution is 1.39. The summed E-state index contributed by atoms with van der Waals surface area (Å²) in [6.45, 7) is 1.88. The van der Waals surface area contributed by atoms with Crippen molar-refractivity contribution in [3.05, 3.63) is 19.7 Å². The number of aryl methyl sites for hydroxylation is 1. The fourth-order valence-corrected chi connectivity index (χ4v) is 1.38. The molecular formula is C4H4BrNOS. The van der Waals surface area contributed by atoms with Gasteiger partial charge in [-0.05, 0) is 22.9 Å². The summed E-state index contributed by atoms with van der Waals surface area (Å²) < 4.78 is 3.23. The first-order valence-corrected chi connectivity index (χ1v) is 3.66. The minimum absolute atomic E-state index is 0.0347. The molecule has 0 amide bonds. The monoisotopic (exact) mass is 193 g/mol. The van der Waals surface area contributed by atoms with Crippen molar-refractivity contribution in [3.8, 4) is 0 Å². The molecular weight excluding hydrogens is 190 g/mol. The van der Waals surface area contributed by atoms with Crippen LogP contribution in [0.25, 0.3) is 0 Å². The van der Waals surface area contributed by atoms with Crippen LogP contribution in [-0.4, -0.2) is 4.37 Å². The number of hydrogen-bond donors (Lipinski definition) is 1. The van der Waals surface area contributed by atoms with Crippen LogP contribution in [0.3, 0.4) is 0 Å². The fraction of sp³-hybridized carbons (Fsp3) is 0.250. The van der Waals surface area contributed by atoms with Gasteiger partial charge in [-0.15, -0.1) is 0 Å². The molecule has 0 fully saturated rings. The van der Waals surface area contributed by atoms with Crippen molar-refractivity contribution in [2.75, 3.05) is 0 Å². The van der Waals surface area contributed by atoms with E-state index in [4.69, 9.17) is 0 Å². The van der Waals surface area contributed by atoms with Crippen molar-refractivity contribution in [1.29, 1.82) is 0 Å². The molecule has 8 heavy (non-hydrogen) atoms. The van der Waals surface area contributed by atoms with E-state index in [1.165, 1.54) is 11.5 Å². The maximum Gasteiger partial charge on any atom is 0.272 e. The molecule has 2 nitrogen and oxygen atoms in total. The summed E-state index contributed by atoms with van der Waals surface area (Å²) in [5.41, 5.74) is -0.0347. The predicted octanol–water partition coefficient (Wildman–Crippen LogP) is 1.51. The summed E-state index contributed by atoms with van der Waals surface area (Å²) in [4.78, 5) is 11.5. The van der Waals surface area contributed by atoms with Crippen molar-refractivity contribution >= 4 is 27.5 Å². The topological polar surface area (TPSA) is 32.9 Å². The highest BCUT2D eigenvalue weighted by molar-refractivity contribution is 9.10. The van der Waals surface area contributed by atoms with E-state index in [2.05, 4.69) is 20.3 Å². The second-order valence-electron chi connectivity index (χ2n) is 1.40. The van der Waals surface area contributed by atoms with Gasteiger partial charge in [-0.1, -0.05) is 11.5 Å². The Kier molecular flexibility index (Phi) is 1.53. The third-order valence-electron chi connectivity index (χ3n) is 0.805. The molecule has 1 aromatic rings. The Morgan fingerprint density at radius 2 is 2.38 bits per heavy atom. The van der Waals surface area contributed by atoms with E-state index >= 15 is 0 Å². The molecule has 0 saturated carbocycles. The molecule has 0 bridgehead atoms. The smallest absolute Gasteiger partial charge is 0.272 e. The van der Waals surface area contributed by atoms with Crippen molar-refractivity contribution in [3.63, 3.8) is 0 Å². The standard InChI is InChI=1S/C4H4BrNOS/c1-2-3(5)4(7)6-8-2/h1H3,(H,6,7). The SMILES string of the molecule is Cc1s[nH]c(=O)c1Br. The Bertz CT molecular complexity index is 238. The fourth-order valence-electron chi connectivity index (χ4n) is 0.372. The van der Waals surface area contributed by atoms with Crippen LogP contribution in [0.5, 0.6) is 0 Å². The Labute approximate surface area is 58.8 Å². The van der Waals surface area contributed by atoms with E-state index in [9.17, 15) is 4.79 Å². The molecule has 0 aromatic carbocycles. The molecule has 0 spiro atoms. The maximum absolute atomic E-state index is 10.5. The van der Waals surface area contributed by atoms with Gasteiger partial charge in [-0.2, -0.15) is 0 Å². The zero-order valence-corrected chi connectivity index (χ0v) is 6.60. The van der Waals surface area contributed by atoms with Gasteiger partial charge in [0.25, 0.3) is 5.56 Å². The first-order valence-electron chi connectivity index (χ1n) is 2.05. The first kappa shape index (κ1) is 6.04. The first-order chi connectivity index (χ1) is 3.72. The van der Waals surface area contributed by atoms with E-state index in [0.29, 0.717) is 4.47 Å². The molecule has 0 radical (unpaired) electrons.